The van der Waals surface area contributed by atoms with E-state index < -0.39 is 6.29 Å². The summed E-state index contributed by atoms with van der Waals surface area (Å²) in [5, 5.41) is 0. The Bertz CT molecular complexity index is 461. The molecule has 1 aromatic carbocycles. The molecule has 0 amide bonds. The van der Waals surface area contributed by atoms with Gasteiger partial charge in [-0.1, -0.05) is 0 Å². The summed E-state index contributed by atoms with van der Waals surface area (Å²) >= 11 is 0. The molecule has 7 heteroatoms. The van der Waals surface area contributed by atoms with Gasteiger partial charge in [0.1, 0.15) is 0 Å². The van der Waals surface area contributed by atoms with E-state index in [1.165, 1.54) is 20.2 Å². The Morgan fingerprint density at radius 2 is 1.88 bits per heavy atom. The van der Waals surface area contributed by atoms with Crippen molar-refractivity contribution in [2.24, 2.45) is 0 Å². The van der Waals surface area contributed by atoms with E-state index in [9.17, 15) is 13.7 Å². The molecular formula is C9H8F2NO4+. The molecule has 0 N–H and O–H groups in total. The maximum absolute atomic E-state index is 12.7. The molecule has 1 heterocycles. The minimum Gasteiger partial charge on any atom is -0.490 e. The maximum atomic E-state index is 12.7. The van der Waals surface area contributed by atoms with Gasteiger partial charge in [0.05, 0.1) is 13.2 Å². The summed E-state index contributed by atoms with van der Waals surface area (Å²) in [5.41, 5.74) is 0.0857. The van der Waals surface area contributed by atoms with E-state index in [0.29, 0.717) is 4.76 Å². The summed E-state index contributed by atoms with van der Waals surface area (Å²) in [6.07, 6.45) is -3.70. The van der Waals surface area contributed by atoms with Crippen LogP contribution < -0.4 is 14.2 Å². The van der Waals surface area contributed by atoms with Gasteiger partial charge in [-0.25, -0.2) is 0 Å². The van der Waals surface area contributed by atoms with Crippen LogP contribution in [0.15, 0.2) is 12.1 Å². The molecule has 0 fully saturated rings. The molecular weight excluding hydrogens is 224 g/mol. The lowest BCUT2D eigenvalue weighted by atomic mass is 10.2. The number of nitrogens with zero attached hydrogens (tertiary/aromatic N) is 1. The molecule has 0 spiro atoms. The third-order valence-electron chi connectivity index (χ3n) is 2.04. The summed E-state index contributed by atoms with van der Waals surface area (Å²) in [6, 6.07) is 2.32. The highest BCUT2D eigenvalue weighted by atomic mass is 19.3. The number of rotatable bonds is 2. The Labute approximate surface area is 89.1 Å². The van der Waals surface area contributed by atoms with Crippen molar-refractivity contribution in [2.45, 2.75) is 6.29 Å². The van der Waals surface area contributed by atoms with Gasteiger partial charge in [-0.15, -0.1) is 8.78 Å². The van der Waals surface area contributed by atoms with Gasteiger partial charge in [0.25, 0.3) is 0 Å². The van der Waals surface area contributed by atoms with Crippen molar-refractivity contribution < 1.29 is 27.8 Å². The molecule has 1 aliphatic heterocycles. The molecule has 0 radical (unpaired) electrons. The lowest BCUT2D eigenvalue weighted by Gasteiger charge is -2.04. The molecule has 1 aromatic rings. The van der Waals surface area contributed by atoms with Crippen LogP contribution in [0, 0.1) is 4.91 Å². The normalized spacial score (nSPS) is 16.0. The zero-order chi connectivity index (χ0) is 11.9. The SMILES string of the molecule is COc1cc2c(cc1[N+](C)=O)OC(F)(F)O2. The van der Waals surface area contributed by atoms with E-state index in [1.807, 2.05) is 0 Å². The maximum Gasteiger partial charge on any atom is 0.586 e. The average molecular weight is 232 g/mol. The van der Waals surface area contributed by atoms with E-state index in [0.717, 1.165) is 6.07 Å². The van der Waals surface area contributed by atoms with Crippen molar-refractivity contribution in [1.29, 1.82) is 0 Å². The predicted octanol–water partition coefficient (Wildman–Crippen LogP) is 2.06. The monoisotopic (exact) mass is 232 g/mol. The van der Waals surface area contributed by atoms with Crippen LogP contribution in [0.1, 0.15) is 0 Å². The lowest BCUT2D eigenvalue weighted by Crippen LogP contribution is -2.25. The number of hydrogen-bond acceptors (Lipinski definition) is 4. The molecule has 0 atom stereocenters. The summed E-state index contributed by atoms with van der Waals surface area (Å²) in [4.78, 5) is 11.1. The van der Waals surface area contributed by atoms with Crippen LogP contribution in [-0.2, 0) is 0 Å². The van der Waals surface area contributed by atoms with Gasteiger partial charge in [-0.2, -0.15) is 0 Å². The second-order valence-corrected chi connectivity index (χ2v) is 3.14. The fourth-order valence-corrected chi connectivity index (χ4v) is 1.38. The fraction of sp³-hybridized carbons (Fsp3) is 0.333. The zero-order valence-electron chi connectivity index (χ0n) is 8.49. The average Bonchev–Trinajstić information content (AvgIpc) is 2.48. The first-order valence-corrected chi connectivity index (χ1v) is 4.31. The molecule has 1 aliphatic rings. The Balaban J connectivity index is 2.51. The molecule has 86 valence electrons. The van der Waals surface area contributed by atoms with E-state index in [1.54, 1.807) is 0 Å². The number of ether oxygens (including phenoxy) is 3. The van der Waals surface area contributed by atoms with Gasteiger partial charge in [-0.3, -0.25) is 0 Å². The molecule has 0 bridgehead atoms. The second-order valence-electron chi connectivity index (χ2n) is 3.14. The van der Waals surface area contributed by atoms with Crippen molar-refractivity contribution in [3.63, 3.8) is 0 Å². The molecule has 16 heavy (non-hydrogen) atoms. The number of alkyl halides is 2. The van der Waals surface area contributed by atoms with Crippen LogP contribution in [0.5, 0.6) is 17.2 Å². The third kappa shape index (κ3) is 1.64. The van der Waals surface area contributed by atoms with Crippen molar-refractivity contribution in [1.82, 2.24) is 0 Å². The summed E-state index contributed by atoms with van der Waals surface area (Å²) < 4.78 is 39.2. The molecule has 5 nitrogen and oxygen atoms in total. The van der Waals surface area contributed by atoms with Crippen LogP contribution in [0.4, 0.5) is 14.5 Å². The van der Waals surface area contributed by atoms with E-state index in [4.69, 9.17) is 4.74 Å². The first-order valence-electron chi connectivity index (χ1n) is 4.31. The summed E-state index contributed by atoms with van der Waals surface area (Å²) in [7, 11) is 2.54. The Hall–Kier alpha value is -1.92. The molecule has 0 unspecified atom stereocenters. The fourth-order valence-electron chi connectivity index (χ4n) is 1.38. The van der Waals surface area contributed by atoms with Crippen LogP contribution in [0.2, 0.25) is 0 Å². The quantitative estimate of drug-likeness (QED) is 0.732. The summed E-state index contributed by atoms with van der Waals surface area (Å²) in [5.74, 6) is -0.214. The first-order chi connectivity index (χ1) is 7.43. The molecule has 0 aromatic heterocycles. The van der Waals surface area contributed by atoms with Crippen molar-refractivity contribution in [3.8, 4) is 17.2 Å². The minimum atomic E-state index is -3.70. The first kappa shape index (κ1) is 10.6. The van der Waals surface area contributed by atoms with Crippen LogP contribution in [0.3, 0.4) is 0 Å². The van der Waals surface area contributed by atoms with Gasteiger partial charge in [0, 0.05) is 15.7 Å². The Morgan fingerprint density at radius 3 is 2.38 bits per heavy atom. The number of halogens is 2. The van der Waals surface area contributed by atoms with E-state index in [-0.39, 0.29) is 22.9 Å². The molecule has 0 saturated carbocycles. The third-order valence-corrected chi connectivity index (χ3v) is 2.04. The van der Waals surface area contributed by atoms with Gasteiger partial charge in [-0.05, 0) is 0 Å². The molecule has 0 aliphatic carbocycles. The second kappa shape index (κ2) is 3.29. The topological polar surface area (TPSA) is 47.8 Å². The van der Waals surface area contributed by atoms with Crippen molar-refractivity contribution in [2.75, 3.05) is 14.2 Å². The summed E-state index contributed by atoms with van der Waals surface area (Å²) in [6.45, 7) is 0. The highest BCUT2D eigenvalue weighted by Gasteiger charge is 2.45. The number of hydrogen-bond donors (Lipinski definition) is 0. The van der Waals surface area contributed by atoms with Gasteiger partial charge in [0.15, 0.2) is 24.3 Å². The predicted molar refractivity (Wildman–Crippen MR) is 48.4 cm³/mol. The highest BCUT2D eigenvalue weighted by Crippen LogP contribution is 2.46. The number of benzene rings is 1. The number of fused-ring (bicyclic) bond motifs is 1. The molecule has 2 rings (SSSR count). The zero-order valence-corrected chi connectivity index (χ0v) is 8.49. The van der Waals surface area contributed by atoms with Crippen LogP contribution >= 0.6 is 0 Å². The Kier molecular flexibility index (Phi) is 2.18. The van der Waals surface area contributed by atoms with Gasteiger partial charge in [0.2, 0.25) is 0 Å². The van der Waals surface area contributed by atoms with Crippen molar-refractivity contribution >= 4 is 5.69 Å². The smallest absolute Gasteiger partial charge is 0.490 e. The standard InChI is InChI=1S/C9H8F2NO4/c1-12(13)5-3-7-8(4-6(5)14-2)16-9(10,11)15-7/h3-4H,1-2H3/q+1. The lowest BCUT2D eigenvalue weighted by molar-refractivity contribution is -0.429. The highest BCUT2D eigenvalue weighted by molar-refractivity contribution is 5.59. The van der Waals surface area contributed by atoms with E-state index in [2.05, 4.69) is 9.47 Å². The molecule has 0 saturated heterocycles. The van der Waals surface area contributed by atoms with Gasteiger partial charge >= 0.3 is 12.0 Å². The Morgan fingerprint density at radius 1 is 1.31 bits per heavy atom. The van der Waals surface area contributed by atoms with Crippen LogP contribution in [-0.4, -0.2) is 25.2 Å². The minimum absolute atomic E-state index is 0.0857. The van der Waals surface area contributed by atoms with Crippen molar-refractivity contribution in [3.05, 3.63) is 17.0 Å². The van der Waals surface area contributed by atoms with Gasteiger partial charge < -0.3 is 14.2 Å². The number of nitroso groups, excluding NO2 is 1. The largest absolute Gasteiger partial charge is 0.586 e. The van der Waals surface area contributed by atoms with E-state index >= 15 is 0 Å². The number of methoxy groups -OCH3 is 1. The van der Waals surface area contributed by atoms with Crippen LogP contribution in [0.25, 0.3) is 0 Å².